The number of nitrogens with zero attached hydrogens (tertiary/aromatic N) is 1. The minimum absolute atomic E-state index is 0.122. The van der Waals surface area contributed by atoms with E-state index in [0.717, 1.165) is 37.2 Å². The van der Waals surface area contributed by atoms with Crippen molar-refractivity contribution in [1.29, 1.82) is 0 Å². The van der Waals surface area contributed by atoms with Gasteiger partial charge in [0, 0.05) is 18.7 Å². The number of esters is 1. The Bertz CT molecular complexity index is 617. The van der Waals surface area contributed by atoms with Crippen molar-refractivity contribution in [3.8, 4) is 5.75 Å². The smallest absolute Gasteiger partial charge is 0.338 e. The standard InChI is InChI=1S/C17H19NO4/c1-12(16(19)18-8-4-5-9-18)22-17(20)14-10-13-6-2-3-7-15(13)21-11-14/h2-3,6-7,10,12H,4-5,8-9,11H2,1H3/t12-/m0/s1. The molecule has 1 aromatic carbocycles. The summed E-state index contributed by atoms with van der Waals surface area (Å²) in [5.74, 6) is 0.137. The third-order valence-electron chi connectivity index (χ3n) is 3.94. The van der Waals surface area contributed by atoms with E-state index < -0.39 is 12.1 Å². The quantitative estimate of drug-likeness (QED) is 0.802. The first kappa shape index (κ1) is 14.6. The molecule has 1 atom stereocenters. The van der Waals surface area contributed by atoms with Crippen LogP contribution in [-0.2, 0) is 14.3 Å². The van der Waals surface area contributed by atoms with Crippen LogP contribution in [-0.4, -0.2) is 42.6 Å². The number of likely N-dealkylation sites (tertiary alicyclic amines) is 1. The molecule has 116 valence electrons. The lowest BCUT2D eigenvalue weighted by molar-refractivity contribution is -0.155. The molecule has 3 rings (SSSR count). The number of amides is 1. The number of hydrogen-bond acceptors (Lipinski definition) is 4. The van der Waals surface area contributed by atoms with Crippen molar-refractivity contribution in [2.24, 2.45) is 0 Å². The number of para-hydroxylation sites is 1. The molecule has 0 aromatic heterocycles. The molecule has 0 radical (unpaired) electrons. The second-order valence-electron chi connectivity index (χ2n) is 5.58. The summed E-state index contributed by atoms with van der Waals surface area (Å²) in [5.41, 5.74) is 1.28. The number of ether oxygens (including phenoxy) is 2. The summed E-state index contributed by atoms with van der Waals surface area (Å²) in [4.78, 5) is 26.1. The van der Waals surface area contributed by atoms with Gasteiger partial charge < -0.3 is 14.4 Å². The highest BCUT2D eigenvalue weighted by molar-refractivity contribution is 5.96. The van der Waals surface area contributed by atoms with Crippen LogP contribution in [0.15, 0.2) is 29.8 Å². The van der Waals surface area contributed by atoms with Crippen LogP contribution in [0.1, 0.15) is 25.3 Å². The van der Waals surface area contributed by atoms with E-state index in [2.05, 4.69) is 0 Å². The van der Waals surface area contributed by atoms with E-state index >= 15 is 0 Å². The maximum absolute atomic E-state index is 12.2. The van der Waals surface area contributed by atoms with Gasteiger partial charge in [-0.25, -0.2) is 4.79 Å². The molecule has 0 spiro atoms. The fourth-order valence-corrected chi connectivity index (χ4v) is 2.72. The molecule has 5 nitrogen and oxygen atoms in total. The zero-order valence-electron chi connectivity index (χ0n) is 12.6. The number of rotatable bonds is 3. The van der Waals surface area contributed by atoms with Gasteiger partial charge in [-0.15, -0.1) is 0 Å². The average Bonchev–Trinajstić information content (AvgIpc) is 3.08. The molecule has 2 aliphatic heterocycles. The number of fused-ring (bicyclic) bond motifs is 1. The largest absolute Gasteiger partial charge is 0.488 e. The normalized spacial score (nSPS) is 18.0. The van der Waals surface area contributed by atoms with Crippen LogP contribution in [0.25, 0.3) is 6.08 Å². The third-order valence-corrected chi connectivity index (χ3v) is 3.94. The zero-order chi connectivity index (χ0) is 15.5. The van der Waals surface area contributed by atoms with Gasteiger partial charge in [0.15, 0.2) is 6.10 Å². The van der Waals surface area contributed by atoms with E-state index in [1.807, 2.05) is 24.3 Å². The van der Waals surface area contributed by atoms with Crippen LogP contribution < -0.4 is 4.74 Å². The molecule has 0 aliphatic carbocycles. The van der Waals surface area contributed by atoms with Gasteiger partial charge in [0.25, 0.3) is 5.91 Å². The Hall–Kier alpha value is -2.30. The van der Waals surface area contributed by atoms with Gasteiger partial charge in [-0.3, -0.25) is 4.79 Å². The number of carbonyl (C=O) groups is 2. The van der Waals surface area contributed by atoms with Crippen molar-refractivity contribution >= 4 is 18.0 Å². The van der Waals surface area contributed by atoms with Gasteiger partial charge in [0.05, 0.1) is 5.57 Å². The van der Waals surface area contributed by atoms with Crippen LogP contribution in [0.3, 0.4) is 0 Å². The monoisotopic (exact) mass is 301 g/mol. The first-order valence-electron chi connectivity index (χ1n) is 7.57. The lowest BCUT2D eigenvalue weighted by Crippen LogP contribution is -2.38. The summed E-state index contributed by atoms with van der Waals surface area (Å²) in [7, 11) is 0. The Balaban J connectivity index is 1.65. The summed E-state index contributed by atoms with van der Waals surface area (Å²) >= 11 is 0. The number of hydrogen-bond donors (Lipinski definition) is 0. The molecule has 5 heteroatoms. The Labute approximate surface area is 129 Å². The van der Waals surface area contributed by atoms with E-state index in [0.29, 0.717) is 5.57 Å². The highest BCUT2D eigenvalue weighted by atomic mass is 16.6. The van der Waals surface area contributed by atoms with E-state index in [9.17, 15) is 9.59 Å². The second kappa shape index (κ2) is 6.22. The molecule has 1 amide bonds. The van der Waals surface area contributed by atoms with Crippen LogP contribution in [0.4, 0.5) is 0 Å². The summed E-state index contributed by atoms with van der Waals surface area (Å²) in [6, 6.07) is 7.49. The van der Waals surface area contributed by atoms with Crippen molar-refractivity contribution in [2.75, 3.05) is 19.7 Å². The summed E-state index contributed by atoms with van der Waals surface area (Å²) in [6.45, 7) is 3.29. The minimum atomic E-state index is -0.760. The Morgan fingerprint density at radius 1 is 1.23 bits per heavy atom. The minimum Gasteiger partial charge on any atom is -0.488 e. The van der Waals surface area contributed by atoms with Crippen molar-refractivity contribution in [3.05, 3.63) is 35.4 Å². The van der Waals surface area contributed by atoms with Gasteiger partial charge in [0.2, 0.25) is 0 Å². The van der Waals surface area contributed by atoms with Gasteiger partial charge >= 0.3 is 5.97 Å². The van der Waals surface area contributed by atoms with E-state index in [-0.39, 0.29) is 12.5 Å². The predicted octanol–water partition coefficient (Wildman–Crippen LogP) is 2.02. The Morgan fingerprint density at radius 3 is 2.73 bits per heavy atom. The van der Waals surface area contributed by atoms with Gasteiger partial charge in [-0.2, -0.15) is 0 Å². The maximum atomic E-state index is 12.2. The van der Waals surface area contributed by atoms with Gasteiger partial charge in [-0.05, 0) is 31.9 Å². The molecular formula is C17H19NO4. The van der Waals surface area contributed by atoms with Gasteiger partial charge in [0.1, 0.15) is 12.4 Å². The second-order valence-corrected chi connectivity index (χ2v) is 5.58. The highest BCUT2D eigenvalue weighted by Crippen LogP contribution is 2.26. The van der Waals surface area contributed by atoms with Crippen molar-refractivity contribution in [2.45, 2.75) is 25.9 Å². The molecule has 1 fully saturated rings. The third kappa shape index (κ3) is 2.98. The SMILES string of the molecule is C[C@H](OC(=O)C1=Cc2ccccc2OC1)C(=O)N1CCCC1. The van der Waals surface area contributed by atoms with E-state index in [1.54, 1.807) is 17.9 Å². The summed E-state index contributed by atoms with van der Waals surface area (Å²) < 4.78 is 10.8. The lowest BCUT2D eigenvalue weighted by atomic mass is 10.1. The van der Waals surface area contributed by atoms with Crippen molar-refractivity contribution in [1.82, 2.24) is 4.90 Å². The molecule has 0 unspecified atom stereocenters. The topological polar surface area (TPSA) is 55.8 Å². The first-order chi connectivity index (χ1) is 10.6. The van der Waals surface area contributed by atoms with Crippen LogP contribution in [0.2, 0.25) is 0 Å². The fourth-order valence-electron chi connectivity index (χ4n) is 2.72. The predicted molar refractivity (Wildman–Crippen MR) is 81.3 cm³/mol. The zero-order valence-corrected chi connectivity index (χ0v) is 12.6. The fraction of sp³-hybridized carbons (Fsp3) is 0.412. The number of carbonyl (C=O) groups excluding carboxylic acids is 2. The Morgan fingerprint density at radius 2 is 1.95 bits per heavy atom. The van der Waals surface area contributed by atoms with Gasteiger partial charge in [-0.1, -0.05) is 18.2 Å². The number of benzene rings is 1. The highest BCUT2D eigenvalue weighted by Gasteiger charge is 2.27. The molecule has 2 heterocycles. The maximum Gasteiger partial charge on any atom is 0.338 e. The molecule has 2 aliphatic rings. The lowest BCUT2D eigenvalue weighted by Gasteiger charge is -2.22. The van der Waals surface area contributed by atoms with Crippen LogP contribution in [0.5, 0.6) is 5.75 Å². The van der Waals surface area contributed by atoms with Crippen LogP contribution >= 0.6 is 0 Å². The van der Waals surface area contributed by atoms with Crippen molar-refractivity contribution < 1.29 is 19.1 Å². The summed E-state index contributed by atoms with van der Waals surface area (Å²) in [5, 5.41) is 0. The molecule has 1 saturated heterocycles. The van der Waals surface area contributed by atoms with Crippen LogP contribution in [0, 0.1) is 0 Å². The molecule has 1 aromatic rings. The van der Waals surface area contributed by atoms with Crippen molar-refractivity contribution in [3.63, 3.8) is 0 Å². The van der Waals surface area contributed by atoms with E-state index in [4.69, 9.17) is 9.47 Å². The molecular weight excluding hydrogens is 282 g/mol. The molecule has 0 saturated carbocycles. The molecule has 0 N–H and O–H groups in total. The first-order valence-corrected chi connectivity index (χ1v) is 7.57. The molecule has 22 heavy (non-hydrogen) atoms. The van der Waals surface area contributed by atoms with E-state index in [1.165, 1.54) is 0 Å². The summed E-state index contributed by atoms with van der Waals surface area (Å²) in [6.07, 6.45) is 3.03. The Kier molecular flexibility index (Phi) is 4.13. The average molecular weight is 301 g/mol. The molecule has 0 bridgehead atoms.